The Balaban J connectivity index is 1.48. The Morgan fingerprint density at radius 3 is 2.10 bits per heavy atom. The van der Waals surface area contributed by atoms with Crippen LogP contribution in [0.5, 0.6) is 0 Å². The van der Waals surface area contributed by atoms with Gasteiger partial charge in [-0.3, -0.25) is 23.7 Å². The van der Waals surface area contributed by atoms with Gasteiger partial charge in [0.05, 0.1) is 0 Å². The van der Waals surface area contributed by atoms with Gasteiger partial charge >= 0.3 is 45.2 Å². The molecule has 0 radical (unpaired) electrons. The van der Waals surface area contributed by atoms with Gasteiger partial charge in [0.15, 0.2) is 13.2 Å². The Bertz CT molecular complexity index is 1440. The lowest BCUT2D eigenvalue weighted by atomic mass is 9.43. The largest absolute Gasteiger partial charge is 0.463 e. The molecule has 50 heavy (non-hydrogen) atoms. The van der Waals surface area contributed by atoms with E-state index in [2.05, 4.69) is 18.6 Å². The van der Waals surface area contributed by atoms with Gasteiger partial charge in [-0.25, -0.2) is 4.79 Å². The van der Waals surface area contributed by atoms with E-state index in [-0.39, 0.29) is 71.5 Å². The fraction of sp³-hybridized carbons (Fsp3) is 0.853. The minimum absolute atomic E-state index is 0.00133. The first-order valence-corrected chi connectivity index (χ1v) is 18.7. The quantitative estimate of drug-likeness (QED) is 0.166. The normalized spacial score (nSPS) is 35.7. The van der Waals surface area contributed by atoms with Crippen molar-refractivity contribution in [3.63, 3.8) is 0 Å². The maximum absolute atomic E-state index is 13.3. The van der Waals surface area contributed by atoms with E-state index >= 15 is 0 Å². The Morgan fingerprint density at radius 1 is 0.860 bits per heavy atom. The number of hydrogen-bond acceptors (Lipinski definition) is 12. The second kappa shape index (κ2) is 15.0. The third-order valence-electron chi connectivity index (χ3n) is 12.3. The van der Waals surface area contributed by atoms with Gasteiger partial charge in [0.2, 0.25) is 0 Å². The van der Waals surface area contributed by atoms with Gasteiger partial charge in [-0.2, -0.15) is 17.2 Å². The fourth-order valence-electron chi connectivity index (χ4n) is 10.2. The molecule has 284 valence electrons. The SMILES string of the molecule is CC(=O)OC1CC[C@@]2(C)[C@@H](C1)CC(OC(C)=O)[C@@H]1[C@@H]2CC(OC(C)=O)[C@]2(C)[C@@H]([C@H](C)CCC(=O)OCC(=O)OCC(F)(F)S(=O)(=O)O)CC[C@@H]12. The molecule has 0 saturated heterocycles. The van der Waals surface area contributed by atoms with Crippen LogP contribution in [0.1, 0.15) is 99.3 Å². The third-order valence-corrected chi connectivity index (χ3v) is 13.2. The number of halogens is 2. The average molecular weight is 737 g/mol. The lowest BCUT2D eigenvalue weighted by Gasteiger charge is -2.64. The zero-order valence-electron chi connectivity index (χ0n) is 29.5. The van der Waals surface area contributed by atoms with Crippen LogP contribution >= 0.6 is 0 Å². The van der Waals surface area contributed by atoms with Crippen molar-refractivity contribution in [1.29, 1.82) is 0 Å². The molecule has 4 rings (SSSR count). The molecule has 0 aromatic rings. The van der Waals surface area contributed by atoms with Crippen LogP contribution < -0.4 is 0 Å². The minimum atomic E-state index is -5.79. The summed E-state index contributed by atoms with van der Waals surface area (Å²) < 4.78 is 83.4. The van der Waals surface area contributed by atoms with Gasteiger partial charge in [-0.1, -0.05) is 20.8 Å². The van der Waals surface area contributed by atoms with Crippen LogP contribution in [0, 0.1) is 46.3 Å². The van der Waals surface area contributed by atoms with Crippen molar-refractivity contribution >= 4 is 40.0 Å². The molecule has 0 aromatic heterocycles. The Kier molecular flexibility index (Phi) is 12.0. The first kappa shape index (κ1) is 39.9. The van der Waals surface area contributed by atoms with E-state index in [1.54, 1.807) is 0 Å². The maximum Gasteiger partial charge on any atom is 0.402 e. The van der Waals surface area contributed by atoms with Crippen LogP contribution in [0.25, 0.3) is 0 Å². The van der Waals surface area contributed by atoms with Gasteiger partial charge in [0.1, 0.15) is 18.3 Å². The van der Waals surface area contributed by atoms with Crippen LogP contribution in [-0.4, -0.2) is 79.6 Å². The molecule has 13 nitrogen and oxygen atoms in total. The van der Waals surface area contributed by atoms with Crippen molar-refractivity contribution in [3.8, 4) is 0 Å². The number of esters is 5. The Hall–Kier alpha value is -2.88. The average Bonchev–Trinajstić information content (AvgIpc) is 3.35. The summed E-state index contributed by atoms with van der Waals surface area (Å²) in [5, 5.41) is -4.71. The smallest absolute Gasteiger partial charge is 0.402 e. The molecular weight excluding hydrogens is 686 g/mol. The Morgan fingerprint density at radius 2 is 1.50 bits per heavy atom. The summed E-state index contributed by atoms with van der Waals surface area (Å²) in [6.07, 6.45) is 4.20. The number of carbonyl (C=O) groups is 5. The number of ether oxygens (including phenoxy) is 5. The molecule has 16 heteroatoms. The fourth-order valence-corrected chi connectivity index (χ4v) is 10.4. The standard InChI is InChI=1S/C34H50F2O13S/c1-18(7-10-29(40)45-16-30(41)46-17-34(35,36)50(42,43)44)24-8-9-25-31-26(15-28(33(24,25)6)49-21(4)39)32(5)12-11-23(47-19(2)37)13-22(32)14-27(31)48-20(3)38/h18,22-28,31H,7-17H2,1-6H3,(H,42,43,44)/t18-,22+,23?,24-,25+,26+,27?,28?,31+,32+,33-/m1/s1. The van der Waals surface area contributed by atoms with E-state index in [9.17, 15) is 41.2 Å². The van der Waals surface area contributed by atoms with E-state index in [0.29, 0.717) is 25.7 Å². The predicted octanol–water partition coefficient (Wildman–Crippen LogP) is 4.64. The monoisotopic (exact) mass is 736 g/mol. The highest BCUT2D eigenvalue weighted by atomic mass is 32.2. The van der Waals surface area contributed by atoms with E-state index in [4.69, 9.17) is 23.5 Å². The highest BCUT2D eigenvalue weighted by Gasteiger charge is 2.67. The number of rotatable bonds is 12. The molecule has 0 spiro atoms. The number of alkyl halides is 2. The summed E-state index contributed by atoms with van der Waals surface area (Å²) in [5.41, 5.74) is -0.677. The Labute approximate surface area is 291 Å². The number of hydrogen-bond donors (Lipinski definition) is 1. The van der Waals surface area contributed by atoms with E-state index < -0.39 is 58.0 Å². The van der Waals surface area contributed by atoms with E-state index in [0.717, 1.165) is 25.7 Å². The molecule has 0 bridgehead atoms. The molecule has 3 unspecified atom stereocenters. The van der Waals surface area contributed by atoms with Crippen LogP contribution in [0.15, 0.2) is 0 Å². The first-order chi connectivity index (χ1) is 23.1. The molecule has 4 aliphatic carbocycles. The summed E-state index contributed by atoms with van der Waals surface area (Å²) in [6.45, 7) is 7.64. The molecule has 4 fully saturated rings. The lowest BCUT2D eigenvalue weighted by Crippen LogP contribution is -2.63. The van der Waals surface area contributed by atoms with Crippen molar-refractivity contribution in [2.45, 2.75) is 123 Å². The van der Waals surface area contributed by atoms with Crippen molar-refractivity contribution in [2.24, 2.45) is 46.3 Å². The van der Waals surface area contributed by atoms with Gasteiger partial charge in [0.25, 0.3) is 0 Å². The van der Waals surface area contributed by atoms with Gasteiger partial charge in [-0.05, 0) is 86.4 Å². The first-order valence-electron chi connectivity index (χ1n) is 17.3. The zero-order valence-corrected chi connectivity index (χ0v) is 30.3. The summed E-state index contributed by atoms with van der Waals surface area (Å²) >= 11 is 0. The van der Waals surface area contributed by atoms with Crippen LogP contribution in [0.4, 0.5) is 8.78 Å². The molecule has 0 aliphatic heterocycles. The lowest BCUT2D eigenvalue weighted by molar-refractivity contribution is -0.224. The van der Waals surface area contributed by atoms with Crippen LogP contribution in [-0.2, 0) is 57.8 Å². The molecule has 0 amide bonds. The summed E-state index contributed by atoms with van der Waals surface area (Å²) in [5.74, 6) is -3.12. The summed E-state index contributed by atoms with van der Waals surface area (Å²) in [6, 6.07) is 0. The second-order valence-electron chi connectivity index (χ2n) is 15.2. The van der Waals surface area contributed by atoms with Crippen molar-refractivity contribution < 1.29 is 69.4 Å². The second-order valence-corrected chi connectivity index (χ2v) is 16.8. The van der Waals surface area contributed by atoms with E-state index in [1.165, 1.54) is 20.8 Å². The highest BCUT2D eigenvalue weighted by Crippen LogP contribution is 2.69. The van der Waals surface area contributed by atoms with Crippen molar-refractivity contribution in [3.05, 3.63) is 0 Å². The van der Waals surface area contributed by atoms with Crippen molar-refractivity contribution in [2.75, 3.05) is 13.2 Å². The minimum Gasteiger partial charge on any atom is -0.463 e. The van der Waals surface area contributed by atoms with Gasteiger partial charge in [-0.15, -0.1) is 0 Å². The topological polar surface area (TPSA) is 186 Å². The molecule has 0 aromatic carbocycles. The molecule has 4 aliphatic rings. The summed E-state index contributed by atoms with van der Waals surface area (Å²) in [4.78, 5) is 61.1. The molecular formula is C34H50F2O13S. The molecule has 0 heterocycles. The summed E-state index contributed by atoms with van der Waals surface area (Å²) in [7, 11) is -5.79. The van der Waals surface area contributed by atoms with Crippen LogP contribution in [0.3, 0.4) is 0 Å². The molecule has 4 saturated carbocycles. The van der Waals surface area contributed by atoms with Crippen LogP contribution in [0.2, 0.25) is 0 Å². The number of fused-ring (bicyclic) bond motifs is 5. The zero-order chi connectivity index (χ0) is 37.4. The maximum atomic E-state index is 13.3. The van der Waals surface area contributed by atoms with Gasteiger partial charge < -0.3 is 23.7 Å². The molecule has 1 N–H and O–H groups in total. The van der Waals surface area contributed by atoms with E-state index in [1.807, 2.05) is 6.92 Å². The van der Waals surface area contributed by atoms with Gasteiger partial charge in [0, 0.05) is 38.5 Å². The van der Waals surface area contributed by atoms with Crippen molar-refractivity contribution in [1.82, 2.24) is 0 Å². The molecule has 11 atom stereocenters. The third kappa shape index (κ3) is 8.26. The highest BCUT2D eigenvalue weighted by molar-refractivity contribution is 7.86. The predicted molar refractivity (Wildman–Crippen MR) is 169 cm³/mol. The number of carbonyl (C=O) groups excluding carboxylic acids is 5.